The van der Waals surface area contributed by atoms with Gasteiger partial charge in [0.15, 0.2) is 5.13 Å². The molecule has 1 aromatic carbocycles. The number of hydrogen-bond donors (Lipinski definition) is 2. The van der Waals surface area contributed by atoms with Crippen LogP contribution in [0.3, 0.4) is 0 Å². The van der Waals surface area contributed by atoms with Crippen LogP contribution in [0.2, 0.25) is 0 Å². The van der Waals surface area contributed by atoms with E-state index in [9.17, 15) is 21.6 Å². The Morgan fingerprint density at radius 3 is 2.62 bits per heavy atom. The molecule has 3 aromatic rings. The Balaban J connectivity index is 1.34. The van der Waals surface area contributed by atoms with Crippen molar-refractivity contribution in [1.82, 2.24) is 19.6 Å². The normalized spacial score (nSPS) is 19.2. The number of nitrogens with zero attached hydrogens (tertiary/aromatic N) is 4. The van der Waals surface area contributed by atoms with Crippen LogP contribution in [0.5, 0.6) is 0 Å². The van der Waals surface area contributed by atoms with E-state index in [2.05, 4.69) is 20.0 Å². The molecule has 0 bridgehead atoms. The van der Waals surface area contributed by atoms with E-state index in [4.69, 9.17) is 0 Å². The van der Waals surface area contributed by atoms with Gasteiger partial charge in [0, 0.05) is 19.1 Å². The molecule has 14 heteroatoms. The molecular formula is C26H30N6O5S3. The molecule has 1 atom stereocenters. The van der Waals surface area contributed by atoms with Gasteiger partial charge in [-0.3, -0.25) is 9.10 Å². The van der Waals surface area contributed by atoms with Crippen molar-refractivity contribution in [3.63, 3.8) is 0 Å². The SMILES string of the molecule is CNS(=O)(=O)c1cc(-c2sc(Nc3cccc(N4CCCS4(=O)=O)n3)nc2C)cc2c1C(=O)N(C(C)C1CC1)C2. The predicted octanol–water partition coefficient (Wildman–Crippen LogP) is 3.46. The number of aromatic nitrogens is 2. The number of pyridine rings is 1. The molecule has 1 unspecified atom stereocenters. The second kappa shape index (κ2) is 9.79. The zero-order valence-corrected chi connectivity index (χ0v) is 24.8. The number of carbonyl (C=O) groups excluding carboxylic acids is 1. The molecular weight excluding hydrogens is 573 g/mol. The minimum Gasteiger partial charge on any atom is -0.331 e. The molecule has 11 nitrogen and oxygen atoms in total. The van der Waals surface area contributed by atoms with E-state index in [1.165, 1.54) is 22.7 Å². The summed E-state index contributed by atoms with van der Waals surface area (Å²) in [5.41, 5.74) is 2.27. The lowest BCUT2D eigenvalue weighted by Crippen LogP contribution is -2.35. The Kier molecular flexibility index (Phi) is 6.63. The summed E-state index contributed by atoms with van der Waals surface area (Å²) in [7, 11) is -5.93. The first-order valence-corrected chi connectivity index (χ1v) is 17.0. The number of sulfonamides is 2. The Morgan fingerprint density at radius 2 is 1.95 bits per heavy atom. The number of thiazole rings is 1. The lowest BCUT2D eigenvalue weighted by molar-refractivity contribution is 0.0694. The number of anilines is 3. The molecule has 0 radical (unpaired) electrons. The first kappa shape index (κ1) is 27.1. The maximum Gasteiger partial charge on any atom is 0.256 e. The van der Waals surface area contributed by atoms with Crippen LogP contribution in [0.25, 0.3) is 10.4 Å². The van der Waals surface area contributed by atoms with Crippen LogP contribution in [-0.4, -0.2) is 63.0 Å². The molecule has 4 heterocycles. The maximum atomic E-state index is 13.4. The summed E-state index contributed by atoms with van der Waals surface area (Å²) in [5.74, 6) is 1.12. The molecule has 6 rings (SSSR count). The van der Waals surface area contributed by atoms with Crippen LogP contribution in [0.1, 0.15) is 47.8 Å². The van der Waals surface area contributed by atoms with Gasteiger partial charge in [0.25, 0.3) is 5.91 Å². The number of carbonyl (C=O) groups is 1. The van der Waals surface area contributed by atoms with E-state index in [0.29, 0.717) is 59.0 Å². The molecule has 40 heavy (non-hydrogen) atoms. The van der Waals surface area contributed by atoms with Gasteiger partial charge in [-0.25, -0.2) is 31.5 Å². The highest BCUT2D eigenvalue weighted by atomic mass is 32.2. The van der Waals surface area contributed by atoms with Crippen molar-refractivity contribution in [3.05, 3.63) is 47.2 Å². The topological polar surface area (TPSA) is 142 Å². The number of nitrogens with one attached hydrogen (secondary N) is 2. The van der Waals surface area contributed by atoms with Crippen molar-refractivity contribution in [2.24, 2.45) is 5.92 Å². The van der Waals surface area contributed by atoms with Gasteiger partial charge >= 0.3 is 0 Å². The zero-order valence-electron chi connectivity index (χ0n) is 22.3. The van der Waals surface area contributed by atoms with Gasteiger partial charge in [-0.2, -0.15) is 0 Å². The third-order valence-electron chi connectivity index (χ3n) is 7.74. The zero-order chi connectivity index (χ0) is 28.4. The smallest absolute Gasteiger partial charge is 0.256 e. The molecule has 2 fully saturated rings. The lowest BCUT2D eigenvalue weighted by atomic mass is 10.0. The maximum absolute atomic E-state index is 13.4. The summed E-state index contributed by atoms with van der Waals surface area (Å²) in [4.78, 5) is 25.0. The Labute approximate surface area is 237 Å². The first-order valence-electron chi connectivity index (χ1n) is 13.1. The highest BCUT2D eigenvalue weighted by molar-refractivity contribution is 7.93. The fraction of sp³-hybridized carbons (Fsp3) is 0.423. The fourth-order valence-corrected chi connectivity index (χ4v) is 8.87. The number of fused-ring (bicyclic) bond motifs is 1. The lowest BCUT2D eigenvalue weighted by Gasteiger charge is -2.24. The van der Waals surface area contributed by atoms with Gasteiger partial charge in [-0.1, -0.05) is 17.4 Å². The Morgan fingerprint density at radius 1 is 1.18 bits per heavy atom. The van der Waals surface area contributed by atoms with Crippen LogP contribution in [0.15, 0.2) is 35.2 Å². The summed E-state index contributed by atoms with van der Waals surface area (Å²) < 4.78 is 54.5. The molecule has 1 saturated carbocycles. The summed E-state index contributed by atoms with van der Waals surface area (Å²) in [6, 6.07) is 8.62. The van der Waals surface area contributed by atoms with Crippen LogP contribution < -0.4 is 14.3 Å². The number of hydrogen-bond acceptors (Lipinski definition) is 9. The monoisotopic (exact) mass is 602 g/mol. The van der Waals surface area contributed by atoms with E-state index < -0.39 is 20.0 Å². The van der Waals surface area contributed by atoms with Crippen LogP contribution in [0, 0.1) is 12.8 Å². The number of aryl methyl sites for hydroxylation is 1. The summed E-state index contributed by atoms with van der Waals surface area (Å²) >= 11 is 1.33. The van der Waals surface area contributed by atoms with E-state index in [1.54, 1.807) is 29.2 Å². The van der Waals surface area contributed by atoms with E-state index in [0.717, 1.165) is 17.7 Å². The van der Waals surface area contributed by atoms with Crippen LogP contribution in [-0.2, 0) is 26.6 Å². The molecule has 2 N–H and O–H groups in total. The van der Waals surface area contributed by atoms with Crippen molar-refractivity contribution in [1.29, 1.82) is 0 Å². The van der Waals surface area contributed by atoms with Crippen molar-refractivity contribution in [3.8, 4) is 10.4 Å². The average molecular weight is 603 g/mol. The summed E-state index contributed by atoms with van der Waals surface area (Å²) in [5, 5.41) is 3.69. The Hall–Kier alpha value is -3.07. The van der Waals surface area contributed by atoms with Crippen molar-refractivity contribution in [2.45, 2.75) is 50.6 Å². The summed E-state index contributed by atoms with van der Waals surface area (Å²) in [6.45, 7) is 4.63. The summed E-state index contributed by atoms with van der Waals surface area (Å²) in [6.07, 6.45) is 2.72. The highest BCUT2D eigenvalue weighted by Gasteiger charge is 2.41. The minimum atomic E-state index is -3.91. The molecule has 3 aliphatic rings. The Bertz CT molecular complexity index is 1730. The molecule has 0 spiro atoms. The second-order valence-corrected chi connectivity index (χ2v) is 15.3. The van der Waals surface area contributed by atoms with E-state index in [1.807, 2.05) is 19.9 Å². The van der Waals surface area contributed by atoms with Crippen LogP contribution >= 0.6 is 11.3 Å². The number of rotatable bonds is 8. The van der Waals surface area contributed by atoms with Gasteiger partial charge in [-0.05, 0) is 81.5 Å². The molecule has 2 aromatic heterocycles. The number of amides is 1. The largest absolute Gasteiger partial charge is 0.331 e. The minimum absolute atomic E-state index is 0.0264. The van der Waals surface area contributed by atoms with Gasteiger partial charge < -0.3 is 10.2 Å². The predicted molar refractivity (Wildman–Crippen MR) is 154 cm³/mol. The molecule has 212 valence electrons. The van der Waals surface area contributed by atoms with E-state index in [-0.39, 0.29) is 28.2 Å². The van der Waals surface area contributed by atoms with Gasteiger partial charge in [0.1, 0.15) is 11.6 Å². The van der Waals surface area contributed by atoms with E-state index >= 15 is 0 Å². The molecule has 1 aliphatic carbocycles. The fourth-order valence-electron chi connectivity index (χ4n) is 5.41. The van der Waals surface area contributed by atoms with Gasteiger partial charge in [0.05, 0.1) is 26.8 Å². The quantitative estimate of drug-likeness (QED) is 0.399. The second-order valence-electron chi connectivity index (χ2n) is 10.4. The third kappa shape index (κ3) is 4.76. The number of benzene rings is 1. The molecule has 1 amide bonds. The van der Waals surface area contributed by atoms with Crippen molar-refractivity contribution >= 4 is 54.1 Å². The van der Waals surface area contributed by atoms with Crippen molar-refractivity contribution < 1.29 is 21.6 Å². The molecule has 1 saturated heterocycles. The van der Waals surface area contributed by atoms with Crippen LogP contribution in [0.4, 0.5) is 16.8 Å². The van der Waals surface area contributed by atoms with Crippen molar-refractivity contribution in [2.75, 3.05) is 29.0 Å². The highest BCUT2D eigenvalue weighted by Crippen LogP contribution is 2.42. The first-order chi connectivity index (χ1) is 19.0. The van der Waals surface area contributed by atoms with Gasteiger partial charge in [-0.15, -0.1) is 0 Å². The average Bonchev–Trinajstić information content (AvgIpc) is 3.51. The standard InChI is InChI=1S/C26H30N6O5S3/c1-15-24(38-26(28-15)30-21-6-4-7-22(29-21)32-10-5-11-39(32,34)35)18-12-19-14-31(16(2)17-8-9-17)25(33)23(19)20(13-18)40(36,37)27-3/h4,6-7,12-13,16-17,27H,5,8-11,14H2,1-3H3,(H,28,29,30). The molecule has 2 aliphatic heterocycles. The third-order valence-corrected chi connectivity index (χ3v) is 12.1. The van der Waals surface area contributed by atoms with Gasteiger partial charge in [0.2, 0.25) is 20.0 Å².